The Morgan fingerprint density at radius 3 is 2.70 bits per heavy atom. The van der Waals surface area contributed by atoms with E-state index < -0.39 is 0 Å². The fraction of sp³-hybridized carbons (Fsp3) is 0.444. The van der Waals surface area contributed by atoms with E-state index in [2.05, 4.69) is 29.1 Å². The van der Waals surface area contributed by atoms with Crippen LogP contribution >= 0.6 is 0 Å². The molecule has 1 amide bonds. The molecule has 2 aromatic heterocycles. The maximum atomic E-state index is 11.6. The van der Waals surface area contributed by atoms with Gasteiger partial charge in [0.1, 0.15) is 0 Å². The number of rotatable bonds is 3. The number of carbonyl (C=O) groups excluding carboxylic acids is 1. The molecule has 9 heteroatoms. The normalized spacial score (nSPS) is 15.0. The fourth-order valence-electron chi connectivity index (χ4n) is 3.26. The molecule has 0 unspecified atom stereocenters. The molecule has 0 spiro atoms. The lowest BCUT2D eigenvalue weighted by Crippen LogP contribution is -2.48. The van der Waals surface area contributed by atoms with E-state index >= 15 is 0 Å². The zero-order chi connectivity index (χ0) is 19.0. The highest BCUT2D eigenvalue weighted by Crippen LogP contribution is 2.26. The number of ether oxygens (including phenoxy) is 1. The van der Waals surface area contributed by atoms with Gasteiger partial charge >= 0.3 is 12.1 Å². The zero-order valence-corrected chi connectivity index (χ0v) is 15.6. The summed E-state index contributed by atoms with van der Waals surface area (Å²) in [4.78, 5) is 19.8. The van der Waals surface area contributed by atoms with Gasteiger partial charge in [-0.15, -0.1) is 0 Å². The van der Waals surface area contributed by atoms with Gasteiger partial charge in [-0.3, -0.25) is 4.68 Å². The number of hydrogen-bond donors (Lipinski definition) is 0. The van der Waals surface area contributed by atoms with Gasteiger partial charge < -0.3 is 19.1 Å². The highest BCUT2D eigenvalue weighted by atomic mass is 16.5. The zero-order valence-electron chi connectivity index (χ0n) is 15.6. The second-order valence-electron chi connectivity index (χ2n) is 6.80. The summed E-state index contributed by atoms with van der Waals surface area (Å²) in [5.74, 6) is 0.541. The van der Waals surface area contributed by atoms with Crippen molar-refractivity contribution in [1.29, 1.82) is 0 Å². The van der Waals surface area contributed by atoms with Crippen LogP contribution in [0.2, 0.25) is 0 Å². The summed E-state index contributed by atoms with van der Waals surface area (Å²) in [6.45, 7) is 6.55. The molecule has 3 heterocycles. The first-order valence-corrected chi connectivity index (χ1v) is 8.96. The standard InChI is InChI=1S/C18H22N6O3/c1-12(2)24-15-10-13(4-5-14(15)11-19-24)16-20-17(27-21-16)22-6-8-23(9-7-22)18(25)26-3/h4-5,10-12H,6-9H2,1-3H3. The van der Waals surface area contributed by atoms with Crippen LogP contribution in [0.15, 0.2) is 28.9 Å². The van der Waals surface area contributed by atoms with Crippen molar-refractivity contribution in [1.82, 2.24) is 24.8 Å². The van der Waals surface area contributed by atoms with Crippen LogP contribution in [-0.2, 0) is 4.74 Å². The maximum absolute atomic E-state index is 11.6. The SMILES string of the molecule is COC(=O)N1CCN(c2nc(-c3ccc4cnn(C(C)C)c4c3)no2)CC1. The number of benzene rings is 1. The Kier molecular flexibility index (Phi) is 4.43. The third-order valence-electron chi connectivity index (χ3n) is 4.74. The lowest BCUT2D eigenvalue weighted by atomic mass is 10.1. The van der Waals surface area contributed by atoms with Crippen LogP contribution in [0.3, 0.4) is 0 Å². The number of carbonyl (C=O) groups is 1. The van der Waals surface area contributed by atoms with E-state index in [-0.39, 0.29) is 12.1 Å². The van der Waals surface area contributed by atoms with Crippen molar-refractivity contribution < 1.29 is 14.1 Å². The van der Waals surface area contributed by atoms with Crippen LogP contribution < -0.4 is 4.90 Å². The Morgan fingerprint density at radius 2 is 2.00 bits per heavy atom. The fourth-order valence-corrected chi connectivity index (χ4v) is 3.26. The average Bonchev–Trinajstić information content (AvgIpc) is 3.34. The summed E-state index contributed by atoms with van der Waals surface area (Å²) in [7, 11) is 1.39. The van der Waals surface area contributed by atoms with E-state index in [1.807, 2.05) is 34.0 Å². The van der Waals surface area contributed by atoms with Crippen molar-refractivity contribution >= 4 is 23.0 Å². The number of methoxy groups -OCH3 is 1. The van der Waals surface area contributed by atoms with Gasteiger partial charge in [-0.25, -0.2) is 4.79 Å². The minimum absolute atomic E-state index is 0.268. The van der Waals surface area contributed by atoms with Crippen LogP contribution in [0.25, 0.3) is 22.3 Å². The molecule has 1 aliphatic heterocycles. The molecular formula is C18H22N6O3. The number of amides is 1. The number of anilines is 1. The lowest BCUT2D eigenvalue weighted by molar-refractivity contribution is 0.120. The first kappa shape index (κ1) is 17.3. The van der Waals surface area contributed by atoms with Crippen molar-refractivity contribution in [3.8, 4) is 11.4 Å². The van der Waals surface area contributed by atoms with Gasteiger partial charge in [0.15, 0.2) is 0 Å². The summed E-state index contributed by atoms with van der Waals surface area (Å²) in [5, 5.41) is 9.65. The van der Waals surface area contributed by atoms with Crippen molar-refractivity contribution in [3.05, 3.63) is 24.4 Å². The van der Waals surface area contributed by atoms with Gasteiger partial charge in [-0.1, -0.05) is 17.3 Å². The number of fused-ring (bicyclic) bond motifs is 1. The first-order chi connectivity index (χ1) is 13.1. The molecule has 27 heavy (non-hydrogen) atoms. The molecular weight excluding hydrogens is 348 g/mol. The monoisotopic (exact) mass is 370 g/mol. The van der Waals surface area contributed by atoms with Crippen LogP contribution in [0.4, 0.5) is 10.8 Å². The maximum Gasteiger partial charge on any atom is 0.409 e. The third-order valence-corrected chi connectivity index (χ3v) is 4.74. The van der Waals surface area contributed by atoms with E-state index in [0.29, 0.717) is 38.0 Å². The van der Waals surface area contributed by atoms with Crippen LogP contribution in [-0.4, -0.2) is 64.2 Å². The predicted octanol–water partition coefficient (Wildman–Crippen LogP) is 2.56. The van der Waals surface area contributed by atoms with Crippen LogP contribution in [0.5, 0.6) is 0 Å². The first-order valence-electron chi connectivity index (χ1n) is 8.96. The molecule has 9 nitrogen and oxygen atoms in total. The van der Waals surface area contributed by atoms with E-state index in [9.17, 15) is 4.79 Å². The molecule has 0 atom stereocenters. The van der Waals surface area contributed by atoms with Gasteiger partial charge in [0.05, 0.1) is 18.8 Å². The number of hydrogen-bond acceptors (Lipinski definition) is 7. The molecule has 4 rings (SSSR count). The molecule has 1 saturated heterocycles. The molecule has 0 bridgehead atoms. The Labute approximate surface area is 156 Å². The minimum atomic E-state index is -0.309. The number of piperazine rings is 1. The van der Waals surface area contributed by atoms with E-state index in [1.165, 1.54) is 7.11 Å². The highest BCUT2D eigenvalue weighted by molar-refractivity contribution is 5.83. The summed E-state index contributed by atoms with van der Waals surface area (Å²) in [5.41, 5.74) is 1.92. The minimum Gasteiger partial charge on any atom is -0.453 e. The van der Waals surface area contributed by atoms with Crippen LogP contribution in [0, 0.1) is 0 Å². The molecule has 0 radical (unpaired) electrons. The summed E-state index contributed by atoms with van der Waals surface area (Å²) >= 11 is 0. The van der Waals surface area contributed by atoms with Gasteiger partial charge in [0.25, 0.3) is 0 Å². The average molecular weight is 370 g/mol. The summed E-state index contributed by atoms with van der Waals surface area (Å²) in [6, 6.07) is 6.75. The highest BCUT2D eigenvalue weighted by Gasteiger charge is 2.25. The van der Waals surface area contributed by atoms with E-state index in [1.54, 1.807) is 4.90 Å². The van der Waals surface area contributed by atoms with Crippen molar-refractivity contribution in [2.45, 2.75) is 19.9 Å². The van der Waals surface area contributed by atoms with Gasteiger partial charge in [0, 0.05) is 43.2 Å². The smallest absolute Gasteiger partial charge is 0.409 e. The molecule has 1 aromatic carbocycles. The predicted molar refractivity (Wildman–Crippen MR) is 99.6 cm³/mol. The molecule has 0 N–H and O–H groups in total. The largest absolute Gasteiger partial charge is 0.453 e. The van der Waals surface area contributed by atoms with E-state index in [4.69, 9.17) is 9.26 Å². The quantitative estimate of drug-likeness (QED) is 0.700. The summed E-state index contributed by atoms with van der Waals surface area (Å²) in [6.07, 6.45) is 1.55. The number of nitrogens with zero attached hydrogens (tertiary/aromatic N) is 6. The Balaban J connectivity index is 1.54. The molecule has 3 aromatic rings. The van der Waals surface area contributed by atoms with E-state index in [0.717, 1.165) is 16.5 Å². The van der Waals surface area contributed by atoms with Crippen molar-refractivity contribution in [3.63, 3.8) is 0 Å². The third kappa shape index (κ3) is 3.20. The van der Waals surface area contributed by atoms with Crippen molar-refractivity contribution in [2.75, 3.05) is 38.2 Å². The van der Waals surface area contributed by atoms with Crippen LogP contribution in [0.1, 0.15) is 19.9 Å². The van der Waals surface area contributed by atoms with Crippen molar-refractivity contribution in [2.24, 2.45) is 0 Å². The molecule has 142 valence electrons. The molecule has 0 aliphatic carbocycles. The van der Waals surface area contributed by atoms with Gasteiger partial charge in [-0.05, 0) is 19.9 Å². The Hall–Kier alpha value is -3.10. The Morgan fingerprint density at radius 1 is 1.22 bits per heavy atom. The lowest BCUT2D eigenvalue weighted by Gasteiger charge is -2.32. The number of aromatic nitrogens is 4. The molecule has 1 fully saturated rings. The van der Waals surface area contributed by atoms with Gasteiger partial charge in [0.2, 0.25) is 5.82 Å². The topological polar surface area (TPSA) is 89.5 Å². The van der Waals surface area contributed by atoms with Gasteiger partial charge in [-0.2, -0.15) is 10.1 Å². The second-order valence-corrected chi connectivity index (χ2v) is 6.80. The molecule has 0 saturated carbocycles. The Bertz CT molecular complexity index is 955. The molecule has 1 aliphatic rings. The second kappa shape index (κ2) is 6.90. The summed E-state index contributed by atoms with van der Waals surface area (Å²) < 4.78 is 12.2.